The maximum absolute atomic E-state index is 12.9. The summed E-state index contributed by atoms with van der Waals surface area (Å²) >= 11 is 0. The van der Waals surface area contributed by atoms with Crippen molar-refractivity contribution in [3.8, 4) is 0 Å². The van der Waals surface area contributed by atoms with Gasteiger partial charge < -0.3 is 10.1 Å². The van der Waals surface area contributed by atoms with Gasteiger partial charge in [-0.1, -0.05) is 24.3 Å². The minimum Gasteiger partial charge on any atom is -0.363 e. The maximum Gasteiger partial charge on any atom is 0.253 e. The van der Waals surface area contributed by atoms with Crippen LogP contribution in [0, 0.1) is 5.82 Å². The number of carbonyl (C=O) groups is 1. The smallest absolute Gasteiger partial charge is 0.253 e. The van der Waals surface area contributed by atoms with Crippen molar-refractivity contribution < 1.29 is 22.3 Å². The van der Waals surface area contributed by atoms with Crippen LogP contribution in [0.3, 0.4) is 0 Å². The monoisotopic (exact) mass is 363 g/mol. The Morgan fingerprint density at radius 2 is 1.88 bits per heavy atom. The van der Waals surface area contributed by atoms with Gasteiger partial charge in [0.05, 0.1) is 17.3 Å². The summed E-state index contributed by atoms with van der Waals surface area (Å²) in [7, 11) is -3.59. The van der Waals surface area contributed by atoms with Crippen LogP contribution in [0.4, 0.5) is 4.39 Å². The number of rotatable bonds is 5. The Morgan fingerprint density at radius 3 is 2.64 bits per heavy atom. The average Bonchev–Trinajstić information content (AvgIpc) is 2.61. The molecule has 3 rings (SSSR count). The van der Waals surface area contributed by atoms with Crippen molar-refractivity contribution in [3.05, 3.63) is 65.5 Å². The topological polar surface area (TPSA) is 72.5 Å². The molecule has 1 aliphatic heterocycles. The number of halogens is 1. The van der Waals surface area contributed by atoms with Gasteiger partial charge in [-0.15, -0.1) is 0 Å². The van der Waals surface area contributed by atoms with Crippen LogP contribution in [0.15, 0.2) is 53.4 Å². The Labute approximate surface area is 145 Å². The molecule has 0 saturated carbocycles. The number of benzene rings is 2. The Bertz CT molecular complexity index is 865. The van der Waals surface area contributed by atoms with E-state index in [1.807, 2.05) is 24.3 Å². The molecule has 7 heteroatoms. The molecule has 0 saturated heterocycles. The number of hydrogen-bond donors (Lipinski definition) is 1. The lowest BCUT2D eigenvalue weighted by molar-refractivity contribution is -0.133. The van der Waals surface area contributed by atoms with Crippen molar-refractivity contribution in [2.45, 2.75) is 17.4 Å². The molecule has 0 fully saturated rings. The molecule has 25 heavy (non-hydrogen) atoms. The molecule has 0 bridgehead atoms. The van der Waals surface area contributed by atoms with Crippen LogP contribution in [0.1, 0.15) is 17.2 Å². The molecule has 1 heterocycles. The predicted molar refractivity (Wildman–Crippen MR) is 90.3 cm³/mol. The Morgan fingerprint density at radius 1 is 1.16 bits per heavy atom. The molecule has 2 aromatic rings. The van der Waals surface area contributed by atoms with Crippen molar-refractivity contribution in [2.75, 3.05) is 18.9 Å². The Kier molecular flexibility index (Phi) is 5.15. The van der Waals surface area contributed by atoms with Crippen molar-refractivity contribution >= 4 is 15.7 Å². The number of ether oxygens (including phenoxy) is 1. The number of nitrogens with one attached hydrogen (secondary N) is 1. The highest BCUT2D eigenvalue weighted by atomic mass is 32.2. The van der Waals surface area contributed by atoms with Crippen LogP contribution in [0.2, 0.25) is 0 Å². The summed E-state index contributed by atoms with van der Waals surface area (Å²) in [6.07, 6.45) is 0.0253. The second-order valence-electron chi connectivity index (χ2n) is 5.76. The summed E-state index contributed by atoms with van der Waals surface area (Å²) < 4.78 is 42.8. The number of sulfone groups is 1. The molecule has 0 spiro atoms. The van der Waals surface area contributed by atoms with Gasteiger partial charge in [0.15, 0.2) is 15.9 Å². The van der Waals surface area contributed by atoms with E-state index in [0.717, 1.165) is 29.7 Å². The van der Waals surface area contributed by atoms with Crippen LogP contribution in [-0.2, 0) is 25.8 Å². The molecular formula is C18H18FNO4S. The van der Waals surface area contributed by atoms with E-state index < -0.39 is 21.8 Å². The number of amides is 1. The molecule has 0 aliphatic carbocycles. The number of hydrogen-bond acceptors (Lipinski definition) is 4. The van der Waals surface area contributed by atoms with Crippen LogP contribution in [0.5, 0.6) is 0 Å². The van der Waals surface area contributed by atoms with Gasteiger partial charge in [-0.25, -0.2) is 12.8 Å². The van der Waals surface area contributed by atoms with E-state index in [1.54, 1.807) is 0 Å². The standard InChI is InChI=1S/C18H18FNO4S/c19-14-5-7-15(8-6-14)25(22,23)12-10-20-18(21)17-16-4-2-1-3-13(16)9-11-24-17/h1-8,17H,9-12H2,(H,20,21)/t17-/m0/s1. The number of fused-ring (bicyclic) bond motifs is 1. The molecule has 1 amide bonds. The first kappa shape index (κ1) is 17.6. The zero-order chi connectivity index (χ0) is 17.9. The number of carbonyl (C=O) groups excluding carboxylic acids is 1. The van der Waals surface area contributed by atoms with Gasteiger partial charge in [0.25, 0.3) is 5.91 Å². The second kappa shape index (κ2) is 7.33. The lowest BCUT2D eigenvalue weighted by Crippen LogP contribution is -2.36. The minimum atomic E-state index is -3.59. The maximum atomic E-state index is 12.9. The van der Waals surface area contributed by atoms with Gasteiger partial charge in [-0.2, -0.15) is 0 Å². The van der Waals surface area contributed by atoms with E-state index in [1.165, 1.54) is 12.1 Å². The van der Waals surface area contributed by atoms with E-state index in [0.29, 0.717) is 6.61 Å². The lowest BCUT2D eigenvalue weighted by atomic mass is 9.97. The summed E-state index contributed by atoms with van der Waals surface area (Å²) in [5.41, 5.74) is 1.88. The quantitative estimate of drug-likeness (QED) is 0.825. The normalized spacial score (nSPS) is 16.9. The third kappa shape index (κ3) is 4.05. The Balaban J connectivity index is 1.61. The summed E-state index contributed by atoms with van der Waals surface area (Å²) in [6.45, 7) is 0.406. The highest BCUT2D eigenvalue weighted by Crippen LogP contribution is 2.26. The molecule has 1 aliphatic rings. The van der Waals surface area contributed by atoms with Crippen molar-refractivity contribution in [2.24, 2.45) is 0 Å². The van der Waals surface area contributed by atoms with E-state index in [2.05, 4.69) is 5.32 Å². The molecule has 5 nitrogen and oxygen atoms in total. The van der Waals surface area contributed by atoms with Crippen molar-refractivity contribution in [1.29, 1.82) is 0 Å². The molecule has 0 unspecified atom stereocenters. The predicted octanol–water partition coefficient (Wildman–Crippen LogP) is 2.03. The fraction of sp³-hybridized carbons (Fsp3) is 0.278. The van der Waals surface area contributed by atoms with E-state index >= 15 is 0 Å². The van der Waals surface area contributed by atoms with Crippen molar-refractivity contribution in [3.63, 3.8) is 0 Å². The minimum absolute atomic E-state index is 0.0300. The molecule has 132 valence electrons. The molecular weight excluding hydrogens is 345 g/mol. The summed E-state index contributed by atoms with van der Waals surface area (Å²) in [6, 6.07) is 12.2. The zero-order valence-corrected chi connectivity index (χ0v) is 14.3. The van der Waals surface area contributed by atoms with E-state index in [4.69, 9.17) is 4.74 Å². The van der Waals surface area contributed by atoms with Crippen LogP contribution in [0.25, 0.3) is 0 Å². The first-order chi connectivity index (χ1) is 12.0. The van der Waals surface area contributed by atoms with Crippen molar-refractivity contribution in [1.82, 2.24) is 5.32 Å². The molecule has 2 aromatic carbocycles. The van der Waals surface area contributed by atoms with Gasteiger partial charge in [0.1, 0.15) is 5.82 Å². The fourth-order valence-electron chi connectivity index (χ4n) is 2.77. The highest BCUT2D eigenvalue weighted by Gasteiger charge is 2.27. The molecule has 0 radical (unpaired) electrons. The van der Waals surface area contributed by atoms with Gasteiger partial charge in [0.2, 0.25) is 0 Å². The largest absolute Gasteiger partial charge is 0.363 e. The van der Waals surface area contributed by atoms with Crippen LogP contribution in [-0.4, -0.2) is 33.2 Å². The molecule has 1 atom stereocenters. The first-order valence-corrected chi connectivity index (χ1v) is 9.58. The van der Waals surface area contributed by atoms with E-state index in [-0.39, 0.29) is 23.1 Å². The third-order valence-corrected chi connectivity index (χ3v) is 5.81. The highest BCUT2D eigenvalue weighted by molar-refractivity contribution is 7.91. The van der Waals surface area contributed by atoms with Gasteiger partial charge >= 0.3 is 0 Å². The van der Waals surface area contributed by atoms with Crippen LogP contribution < -0.4 is 5.32 Å². The zero-order valence-electron chi connectivity index (χ0n) is 13.4. The SMILES string of the molecule is O=C(NCCS(=O)(=O)c1ccc(F)cc1)[C@H]1OCCc2ccccc21. The average molecular weight is 363 g/mol. The van der Waals surface area contributed by atoms with Gasteiger partial charge in [-0.05, 0) is 41.8 Å². The Hall–Kier alpha value is -2.25. The van der Waals surface area contributed by atoms with Gasteiger partial charge in [0, 0.05) is 6.54 Å². The fourth-order valence-corrected chi connectivity index (χ4v) is 3.93. The second-order valence-corrected chi connectivity index (χ2v) is 7.87. The third-order valence-electron chi connectivity index (χ3n) is 4.07. The summed E-state index contributed by atoms with van der Waals surface area (Å²) in [5, 5.41) is 2.61. The molecule has 0 aromatic heterocycles. The summed E-state index contributed by atoms with van der Waals surface area (Å²) in [5.74, 6) is -1.12. The first-order valence-electron chi connectivity index (χ1n) is 7.93. The van der Waals surface area contributed by atoms with E-state index in [9.17, 15) is 17.6 Å². The lowest BCUT2D eigenvalue weighted by Gasteiger charge is -2.25. The van der Waals surface area contributed by atoms with Gasteiger partial charge in [-0.3, -0.25) is 4.79 Å². The van der Waals surface area contributed by atoms with Crippen LogP contribution >= 0.6 is 0 Å². The summed E-state index contributed by atoms with van der Waals surface area (Å²) in [4.78, 5) is 12.4. The molecule has 1 N–H and O–H groups in total.